The second kappa shape index (κ2) is 8.98. The highest BCUT2D eigenvalue weighted by atomic mass is 35.5. The zero-order valence-corrected chi connectivity index (χ0v) is 19.5. The number of nitrogens with zero attached hydrogens (tertiary/aromatic N) is 3. The van der Waals surface area contributed by atoms with Crippen LogP contribution >= 0.6 is 23.2 Å². The fourth-order valence-corrected chi connectivity index (χ4v) is 4.45. The standard InChI is InChI=1S/C24H20Cl2N6O2/c1-13-6-17(32-5-4-27-12-32)10-19-22(13)31-23(30-19)21-18(2-3-28-24(21)34)29-11-20(33)14-7-15(25)9-16(26)8-14/h2-10,12,20,33H,11H2,1H3,(H,30,31)(H2,28,29,34). The number of fused-ring (bicyclic) bond motifs is 1. The summed E-state index contributed by atoms with van der Waals surface area (Å²) >= 11 is 12.1. The average molecular weight is 495 g/mol. The number of aliphatic hydroxyl groups excluding tert-OH is 1. The normalized spacial score (nSPS) is 12.2. The SMILES string of the molecule is Cc1cc(-n2ccnc2)cc2[nH]c(-c3c(NCC(O)c4cc(Cl)cc(Cl)c4)cc[nH]c3=O)nc12. The third-order valence-electron chi connectivity index (χ3n) is 5.52. The first-order valence-electron chi connectivity index (χ1n) is 10.5. The summed E-state index contributed by atoms with van der Waals surface area (Å²) in [5.74, 6) is 0.422. The molecule has 10 heteroatoms. The Balaban J connectivity index is 1.49. The molecule has 3 heterocycles. The molecule has 8 nitrogen and oxygen atoms in total. The van der Waals surface area contributed by atoms with Gasteiger partial charge in [-0.15, -0.1) is 0 Å². The van der Waals surface area contributed by atoms with Gasteiger partial charge in [0.1, 0.15) is 11.4 Å². The van der Waals surface area contributed by atoms with E-state index in [0.29, 0.717) is 32.7 Å². The van der Waals surface area contributed by atoms with E-state index in [0.717, 1.165) is 22.3 Å². The summed E-state index contributed by atoms with van der Waals surface area (Å²) < 4.78 is 1.90. The summed E-state index contributed by atoms with van der Waals surface area (Å²) in [6.07, 6.45) is 5.95. The molecule has 0 aliphatic carbocycles. The predicted molar refractivity (Wildman–Crippen MR) is 134 cm³/mol. The molecule has 2 aromatic carbocycles. The summed E-state index contributed by atoms with van der Waals surface area (Å²) in [7, 11) is 0. The van der Waals surface area contributed by atoms with E-state index in [-0.39, 0.29) is 12.1 Å². The zero-order valence-electron chi connectivity index (χ0n) is 18.0. The van der Waals surface area contributed by atoms with Crippen LogP contribution in [0, 0.1) is 6.92 Å². The van der Waals surface area contributed by atoms with E-state index in [1.54, 1.807) is 43.0 Å². The molecule has 0 saturated carbocycles. The van der Waals surface area contributed by atoms with E-state index >= 15 is 0 Å². The summed E-state index contributed by atoms with van der Waals surface area (Å²) in [6, 6.07) is 10.6. The van der Waals surface area contributed by atoms with Gasteiger partial charge in [0.05, 0.1) is 29.2 Å². The molecule has 5 aromatic rings. The Labute approximate surface area is 204 Å². The Kier molecular flexibility index (Phi) is 5.87. The van der Waals surface area contributed by atoms with Crippen LogP contribution < -0.4 is 10.9 Å². The first-order valence-corrected chi connectivity index (χ1v) is 11.2. The minimum atomic E-state index is -0.890. The molecule has 0 radical (unpaired) electrons. The minimum absolute atomic E-state index is 0.136. The molecule has 0 spiro atoms. The van der Waals surface area contributed by atoms with E-state index < -0.39 is 6.10 Å². The van der Waals surface area contributed by atoms with Crippen LogP contribution in [0.4, 0.5) is 5.69 Å². The van der Waals surface area contributed by atoms with Crippen LogP contribution in [0.25, 0.3) is 28.1 Å². The number of benzene rings is 2. The zero-order chi connectivity index (χ0) is 23.8. The first kappa shape index (κ1) is 22.2. The van der Waals surface area contributed by atoms with Crippen molar-refractivity contribution in [2.45, 2.75) is 13.0 Å². The lowest BCUT2D eigenvalue weighted by Gasteiger charge is -2.15. The first-order chi connectivity index (χ1) is 16.4. The van der Waals surface area contributed by atoms with Gasteiger partial charge in [-0.3, -0.25) is 4.79 Å². The molecular formula is C24H20Cl2N6O2. The number of aliphatic hydroxyl groups is 1. The van der Waals surface area contributed by atoms with Crippen molar-refractivity contribution in [3.63, 3.8) is 0 Å². The van der Waals surface area contributed by atoms with E-state index in [4.69, 9.17) is 28.2 Å². The monoisotopic (exact) mass is 494 g/mol. The number of aromatic nitrogens is 5. The fraction of sp³-hybridized carbons (Fsp3) is 0.125. The molecule has 1 atom stereocenters. The second-order valence-electron chi connectivity index (χ2n) is 7.91. The summed E-state index contributed by atoms with van der Waals surface area (Å²) in [5.41, 5.74) is 4.59. The van der Waals surface area contributed by atoms with Gasteiger partial charge in [-0.25, -0.2) is 9.97 Å². The maximum absolute atomic E-state index is 12.8. The van der Waals surface area contributed by atoms with Gasteiger partial charge >= 0.3 is 0 Å². The van der Waals surface area contributed by atoms with Crippen molar-refractivity contribution in [3.05, 3.63) is 92.8 Å². The maximum atomic E-state index is 12.8. The quantitative estimate of drug-likeness (QED) is 0.269. The Hall–Kier alpha value is -3.59. The maximum Gasteiger partial charge on any atom is 0.261 e. The molecule has 0 saturated heterocycles. The number of hydrogen-bond donors (Lipinski definition) is 4. The number of halogens is 2. The number of nitrogens with one attached hydrogen (secondary N) is 3. The van der Waals surface area contributed by atoms with Crippen LogP contribution in [0.5, 0.6) is 0 Å². The highest BCUT2D eigenvalue weighted by Gasteiger charge is 2.17. The average Bonchev–Trinajstić information content (AvgIpc) is 3.47. The molecule has 0 aliphatic rings. The van der Waals surface area contributed by atoms with Crippen molar-refractivity contribution in [2.24, 2.45) is 0 Å². The minimum Gasteiger partial charge on any atom is -0.387 e. The smallest absolute Gasteiger partial charge is 0.261 e. The van der Waals surface area contributed by atoms with E-state index in [1.807, 2.05) is 29.8 Å². The number of pyridine rings is 1. The third kappa shape index (κ3) is 4.31. The molecule has 1 unspecified atom stereocenters. The number of hydrogen-bond acceptors (Lipinski definition) is 5. The Morgan fingerprint density at radius 3 is 2.71 bits per heavy atom. The van der Waals surface area contributed by atoms with Crippen LogP contribution in [0.2, 0.25) is 10.0 Å². The fourth-order valence-electron chi connectivity index (χ4n) is 3.90. The van der Waals surface area contributed by atoms with Crippen molar-refractivity contribution in [1.82, 2.24) is 24.5 Å². The molecule has 0 aliphatic heterocycles. The van der Waals surface area contributed by atoms with Gasteiger partial charge in [0.15, 0.2) is 0 Å². The van der Waals surface area contributed by atoms with Crippen molar-refractivity contribution in [2.75, 3.05) is 11.9 Å². The summed E-state index contributed by atoms with van der Waals surface area (Å²) in [5, 5.41) is 14.7. The topological polar surface area (TPSA) is 112 Å². The van der Waals surface area contributed by atoms with E-state index in [1.165, 1.54) is 0 Å². The van der Waals surface area contributed by atoms with Crippen molar-refractivity contribution >= 4 is 39.9 Å². The number of anilines is 1. The number of aromatic amines is 2. The van der Waals surface area contributed by atoms with Crippen LogP contribution in [-0.4, -0.2) is 36.2 Å². The van der Waals surface area contributed by atoms with Crippen LogP contribution in [0.15, 0.2) is 66.1 Å². The van der Waals surface area contributed by atoms with Gasteiger partial charge in [-0.1, -0.05) is 23.2 Å². The Morgan fingerprint density at radius 2 is 1.97 bits per heavy atom. The number of H-pyrrole nitrogens is 2. The highest BCUT2D eigenvalue weighted by Crippen LogP contribution is 2.29. The van der Waals surface area contributed by atoms with Gasteiger partial charge in [0, 0.05) is 40.9 Å². The molecule has 4 N–H and O–H groups in total. The molecule has 0 fully saturated rings. The molecular weight excluding hydrogens is 475 g/mol. The number of imidazole rings is 2. The van der Waals surface area contributed by atoms with Crippen molar-refractivity contribution < 1.29 is 5.11 Å². The lowest BCUT2D eigenvalue weighted by atomic mass is 10.1. The summed E-state index contributed by atoms with van der Waals surface area (Å²) in [4.78, 5) is 27.6. The number of aryl methyl sites for hydroxylation is 1. The number of rotatable bonds is 6. The molecule has 0 bridgehead atoms. The predicted octanol–water partition coefficient (Wildman–Crippen LogP) is 4.86. The van der Waals surface area contributed by atoms with Crippen molar-refractivity contribution in [1.29, 1.82) is 0 Å². The molecule has 0 amide bonds. The van der Waals surface area contributed by atoms with Gasteiger partial charge in [-0.2, -0.15) is 0 Å². The van der Waals surface area contributed by atoms with Gasteiger partial charge in [0.2, 0.25) is 0 Å². The second-order valence-corrected chi connectivity index (χ2v) is 8.78. The third-order valence-corrected chi connectivity index (χ3v) is 5.95. The van der Waals surface area contributed by atoms with Gasteiger partial charge < -0.3 is 25.0 Å². The Bertz CT molecular complexity index is 1520. The highest BCUT2D eigenvalue weighted by molar-refractivity contribution is 6.34. The molecule has 3 aromatic heterocycles. The van der Waals surface area contributed by atoms with Crippen LogP contribution in [0.1, 0.15) is 17.2 Å². The lowest BCUT2D eigenvalue weighted by molar-refractivity contribution is 0.191. The molecule has 172 valence electrons. The van der Waals surface area contributed by atoms with E-state index in [2.05, 4.69) is 20.3 Å². The van der Waals surface area contributed by atoms with Crippen LogP contribution in [-0.2, 0) is 0 Å². The van der Waals surface area contributed by atoms with Crippen LogP contribution in [0.3, 0.4) is 0 Å². The largest absolute Gasteiger partial charge is 0.387 e. The lowest BCUT2D eigenvalue weighted by Crippen LogP contribution is -2.17. The summed E-state index contributed by atoms with van der Waals surface area (Å²) in [6.45, 7) is 2.10. The van der Waals surface area contributed by atoms with Gasteiger partial charge in [-0.05, 0) is 54.4 Å². The molecule has 34 heavy (non-hydrogen) atoms. The van der Waals surface area contributed by atoms with Gasteiger partial charge in [0.25, 0.3) is 5.56 Å². The van der Waals surface area contributed by atoms with Crippen molar-refractivity contribution in [3.8, 4) is 17.1 Å². The Morgan fingerprint density at radius 1 is 1.18 bits per heavy atom. The van der Waals surface area contributed by atoms with E-state index in [9.17, 15) is 9.90 Å². The molecule has 5 rings (SSSR count).